The zero-order valence-corrected chi connectivity index (χ0v) is 11.6. The Morgan fingerprint density at radius 2 is 1.86 bits per heavy atom. The van der Waals surface area contributed by atoms with Crippen molar-refractivity contribution in [1.82, 2.24) is 10.2 Å². The molecule has 1 aliphatic heterocycles. The number of amides is 3. The van der Waals surface area contributed by atoms with E-state index in [2.05, 4.69) is 5.32 Å². The average Bonchev–Trinajstić information content (AvgIpc) is 2.78. The van der Waals surface area contributed by atoms with Gasteiger partial charge in [0.15, 0.2) is 0 Å². The molecule has 1 fully saturated rings. The molecule has 0 radical (unpaired) electrons. The van der Waals surface area contributed by atoms with Gasteiger partial charge in [0, 0.05) is 32.4 Å². The SMILES string of the molecule is O=C(CCN1C(=O)CCC1=O)NCCc1ccccc1F. The van der Waals surface area contributed by atoms with Gasteiger partial charge < -0.3 is 5.32 Å². The number of imide groups is 1. The molecule has 0 unspecified atom stereocenters. The zero-order chi connectivity index (χ0) is 15.2. The summed E-state index contributed by atoms with van der Waals surface area (Å²) >= 11 is 0. The maximum absolute atomic E-state index is 13.4. The molecule has 0 aliphatic carbocycles. The number of halogens is 1. The first kappa shape index (κ1) is 15.2. The number of hydrogen-bond donors (Lipinski definition) is 1. The topological polar surface area (TPSA) is 66.5 Å². The summed E-state index contributed by atoms with van der Waals surface area (Å²) in [5.74, 6) is -0.989. The second-order valence-corrected chi connectivity index (χ2v) is 4.88. The van der Waals surface area contributed by atoms with E-state index in [1.54, 1.807) is 18.2 Å². The van der Waals surface area contributed by atoms with Crippen LogP contribution in [-0.2, 0) is 20.8 Å². The molecule has 1 aliphatic rings. The van der Waals surface area contributed by atoms with E-state index >= 15 is 0 Å². The van der Waals surface area contributed by atoms with Gasteiger partial charge in [0.25, 0.3) is 0 Å². The van der Waals surface area contributed by atoms with Crippen LogP contribution in [0.3, 0.4) is 0 Å². The number of nitrogens with zero attached hydrogens (tertiary/aromatic N) is 1. The van der Waals surface area contributed by atoms with Crippen LogP contribution in [0.2, 0.25) is 0 Å². The Hall–Kier alpha value is -2.24. The van der Waals surface area contributed by atoms with E-state index in [0.717, 1.165) is 4.90 Å². The zero-order valence-electron chi connectivity index (χ0n) is 11.6. The largest absolute Gasteiger partial charge is 0.356 e. The van der Waals surface area contributed by atoms with Crippen molar-refractivity contribution in [2.75, 3.05) is 13.1 Å². The molecule has 1 heterocycles. The molecular formula is C15H17FN2O3. The smallest absolute Gasteiger partial charge is 0.229 e. The lowest BCUT2D eigenvalue weighted by atomic mass is 10.1. The number of nitrogens with one attached hydrogen (secondary N) is 1. The minimum Gasteiger partial charge on any atom is -0.356 e. The molecule has 21 heavy (non-hydrogen) atoms. The molecule has 1 aromatic carbocycles. The Labute approximate surface area is 122 Å². The fraction of sp³-hybridized carbons (Fsp3) is 0.400. The van der Waals surface area contributed by atoms with Gasteiger partial charge in [-0.2, -0.15) is 0 Å². The maximum atomic E-state index is 13.4. The lowest BCUT2D eigenvalue weighted by Gasteiger charge is -2.13. The fourth-order valence-electron chi connectivity index (χ4n) is 2.21. The minimum atomic E-state index is -0.292. The lowest BCUT2D eigenvalue weighted by Crippen LogP contribution is -2.34. The molecule has 6 heteroatoms. The third-order valence-corrected chi connectivity index (χ3v) is 3.39. The predicted molar refractivity (Wildman–Crippen MR) is 73.7 cm³/mol. The summed E-state index contributed by atoms with van der Waals surface area (Å²) in [7, 11) is 0. The summed E-state index contributed by atoms with van der Waals surface area (Å²) in [6, 6.07) is 6.40. The first-order valence-electron chi connectivity index (χ1n) is 6.91. The normalized spacial score (nSPS) is 14.6. The van der Waals surface area contributed by atoms with Crippen molar-refractivity contribution >= 4 is 17.7 Å². The van der Waals surface area contributed by atoms with Crippen molar-refractivity contribution in [2.24, 2.45) is 0 Å². The van der Waals surface area contributed by atoms with Crippen molar-refractivity contribution in [1.29, 1.82) is 0 Å². The Kier molecular flexibility index (Phi) is 5.03. The van der Waals surface area contributed by atoms with E-state index in [9.17, 15) is 18.8 Å². The van der Waals surface area contributed by atoms with E-state index < -0.39 is 0 Å². The van der Waals surface area contributed by atoms with Crippen LogP contribution < -0.4 is 5.32 Å². The summed E-state index contributed by atoms with van der Waals surface area (Å²) in [5.41, 5.74) is 0.544. The molecule has 0 bridgehead atoms. The van der Waals surface area contributed by atoms with Gasteiger partial charge in [0.05, 0.1) is 0 Å². The van der Waals surface area contributed by atoms with Crippen molar-refractivity contribution in [3.63, 3.8) is 0 Å². The summed E-state index contributed by atoms with van der Waals surface area (Å²) < 4.78 is 13.4. The Morgan fingerprint density at radius 1 is 1.19 bits per heavy atom. The first-order chi connectivity index (χ1) is 10.1. The number of rotatable bonds is 6. The number of carbonyl (C=O) groups excluding carboxylic acids is 3. The van der Waals surface area contributed by atoms with Crippen LogP contribution in [0.15, 0.2) is 24.3 Å². The van der Waals surface area contributed by atoms with E-state index in [0.29, 0.717) is 18.5 Å². The standard InChI is InChI=1S/C15H17FN2O3/c16-12-4-2-1-3-11(12)7-9-17-13(19)8-10-18-14(20)5-6-15(18)21/h1-4H,5-10H2,(H,17,19). The molecule has 1 aromatic rings. The van der Waals surface area contributed by atoms with Gasteiger partial charge in [0.1, 0.15) is 5.82 Å². The lowest BCUT2D eigenvalue weighted by molar-refractivity contribution is -0.138. The molecule has 1 saturated heterocycles. The van der Waals surface area contributed by atoms with Crippen molar-refractivity contribution in [3.8, 4) is 0 Å². The third kappa shape index (κ3) is 4.11. The van der Waals surface area contributed by atoms with E-state index in [1.165, 1.54) is 6.07 Å². The van der Waals surface area contributed by atoms with Crippen LogP contribution in [0.1, 0.15) is 24.8 Å². The summed E-state index contributed by atoms with van der Waals surface area (Å²) in [6.45, 7) is 0.435. The van der Waals surface area contributed by atoms with Gasteiger partial charge in [-0.05, 0) is 18.1 Å². The highest BCUT2D eigenvalue weighted by atomic mass is 19.1. The van der Waals surface area contributed by atoms with Gasteiger partial charge in [0.2, 0.25) is 17.7 Å². The van der Waals surface area contributed by atoms with Gasteiger partial charge in [-0.3, -0.25) is 19.3 Å². The molecule has 5 nitrogen and oxygen atoms in total. The second kappa shape index (κ2) is 6.97. The van der Waals surface area contributed by atoms with Gasteiger partial charge in [-0.15, -0.1) is 0 Å². The summed E-state index contributed by atoms with van der Waals surface area (Å²) in [4.78, 5) is 35.5. The Morgan fingerprint density at radius 3 is 2.52 bits per heavy atom. The van der Waals surface area contributed by atoms with Crippen molar-refractivity contribution in [2.45, 2.75) is 25.7 Å². The van der Waals surface area contributed by atoms with Gasteiger partial charge >= 0.3 is 0 Å². The van der Waals surface area contributed by atoms with Gasteiger partial charge in [-0.25, -0.2) is 4.39 Å². The monoisotopic (exact) mass is 292 g/mol. The quantitative estimate of drug-likeness (QED) is 0.796. The second-order valence-electron chi connectivity index (χ2n) is 4.88. The molecule has 112 valence electrons. The molecule has 0 aromatic heterocycles. The summed E-state index contributed by atoms with van der Waals surface area (Å²) in [6.07, 6.45) is 0.941. The van der Waals surface area contributed by atoms with Crippen molar-refractivity contribution in [3.05, 3.63) is 35.6 Å². The highest BCUT2D eigenvalue weighted by Gasteiger charge is 2.28. The minimum absolute atomic E-state index is 0.0781. The predicted octanol–water partition coefficient (Wildman–Crippen LogP) is 1.02. The van der Waals surface area contributed by atoms with Crippen LogP contribution in [0.25, 0.3) is 0 Å². The van der Waals surface area contributed by atoms with E-state index in [1.807, 2.05) is 0 Å². The molecule has 2 rings (SSSR count). The van der Waals surface area contributed by atoms with Crippen LogP contribution in [0.5, 0.6) is 0 Å². The maximum Gasteiger partial charge on any atom is 0.229 e. The molecule has 0 spiro atoms. The molecule has 0 saturated carbocycles. The number of hydrogen-bond acceptors (Lipinski definition) is 3. The number of benzene rings is 1. The fourth-order valence-corrected chi connectivity index (χ4v) is 2.21. The van der Waals surface area contributed by atoms with E-state index in [-0.39, 0.29) is 49.3 Å². The van der Waals surface area contributed by atoms with Gasteiger partial charge in [-0.1, -0.05) is 18.2 Å². The first-order valence-corrected chi connectivity index (χ1v) is 6.91. The average molecular weight is 292 g/mol. The molecular weight excluding hydrogens is 275 g/mol. The molecule has 0 atom stereocenters. The molecule has 3 amide bonds. The van der Waals surface area contributed by atoms with Crippen LogP contribution in [0, 0.1) is 5.82 Å². The number of carbonyl (C=O) groups is 3. The summed E-state index contributed by atoms with van der Waals surface area (Å²) in [5, 5.41) is 2.66. The van der Waals surface area contributed by atoms with Crippen LogP contribution in [0.4, 0.5) is 4.39 Å². The Bertz CT molecular complexity index is 544. The van der Waals surface area contributed by atoms with Crippen LogP contribution >= 0.6 is 0 Å². The van der Waals surface area contributed by atoms with Crippen LogP contribution in [-0.4, -0.2) is 35.7 Å². The highest BCUT2D eigenvalue weighted by molar-refractivity contribution is 6.02. The Balaban J connectivity index is 1.69. The van der Waals surface area contributed by atoms with E-state index in [4.69, 9.17) is 0 Å². The number of likely N-dealkylation sites (tertiary alicyclic amines) is 1. The highest BCUT2D eigenvalue weighted by Crippen LogP contribution is 2.11. The molecule has 1 N–H and O–H groups in total. The third-order valence-electron chi connectivity index (χ3n) is 3.39. The van der Waals surface area contributed by atoms with Crippen molar-refractivity contribution < 1.29 is 18.8 Å².